The summed E-state index contributed by atoms with van der Waals surface area (Å²) in [6.45, 7) is 4.19. The molecule has 2 heterocycles. The van der Waals surface area contributed by atoms with Gasteiger partial charge >= 0.3 is 0 Å². The maximum atomic E-state index is 10.6. The number of thioether (sulfide) groups is 1. The van der Waals surface area contributed by atoms with Crippen LogP contribution in [0.2, 0.25) is 0 Å². The van der Waals surface area contributed by atoms with Gasteiger partial charge in [-0.25, -0.2) is 0 Å². The summed E-state index contributed by atoms with van der Waals surface area (Å²) in [7, 11) is 0. The van der Waals surface area contributed by atoms with Gasteiger partial charge in [0.1, 0.15) is 6.10 Å². The highest BCUT2D eigenvalue weighted by Gasteiger charge is 2.20. The van der Waals surface area contributed by atoms with Crippen LogP contribution in [0.4, 0.5) is 0 Å². The molecular formula is C16H18OS2. The summed E-state index contributed by atoms with van der Waals surface area (Å²) in [5, 5.41) is 10.6. The van der Waals surface area contributed by atoms with Crippen molar-refractivity contribution in [1.29, 1.82) is 0 Å². The topological polar surface area (TPSA) is 20.2 Å². The molecule has 0 saturated heterocycles. The Balaban J connectivity index is 1.97. The van der Waals surface area contributed by atoms with Crippen LogP contribution in [0, 0.1) is 13.8 Å². The van der Waals surface area contributed by atoms with Gasteiger partial charge in [0.25, 0.3) is 0 Å². The SMILES string of the molecule is Cc1cccc(C(O)c2cc3c(s2)CCSC3)c1C. The molecule has 1 N–H and O–H groups in total. The van der Waals surface area contributed by atoms with Crippen LogP contribution in [0.5, 0.6) is 0 Å². The van der Waals surface area contributed by atoms with E-state index >= 15 is 0 Å². The van der Waals surface area contributed by atoms with Gasteiger partial charge in [-0.15, -0.1) is 11.3 Å². The fraction of sp³-hybridized carbons (Fsp3) is 0.375. The van der Waals surface area contributed by atoms with Crippen LogP contribution in [0.3, 0.4) is 0 Å². The fourth-order valence-electron chi connectivity index (χ4n) is 2.53. The van der Waals surface area contributed by atoms with E-state index in [9.17, 15) is 5.11 Å². The number of thiophene rings is 1. The average molecular weight is 290 g/mol. The van der Waals surface area contributed by atoms with E-state index in [4.69, 9.17) is 0 Å². The average Bonchev–Trinajstić information content (AvgIpc) is 2.85. The normalized spacial score (nSPS) is 16.2. The Kier molecular flexibility index (Phi) is 3.70. The van der Waals surface area contributed by atoms with Gasteiger partial charge in [-0.1, -0.05) is 18.2 Å². The molecule has 19 heavy (non-hydrogen) atoms. The molecule has 1 aromatic heterocycles. The predicted octanol–water partition coefficient (Wildman–Crippen LogP) is 4.24. The van der Waals surface area contributed by atoms with Crippen molar-refractivity contribution in [2.75, 3.05) is 5.75 Å². The van der Waals surface area contributed by atoms with Crippen molar-refractivity contribution >= 4 is 23.1 Å². The van der Waals surface area contributed by atoms with Gasteiger partial charge in [0.05, 0.1) is 0 Å². The molecule has 0 amide bonds. The van der Waals surface area contributed by atoms with Crippen LogP contribution in [-0.2, 0) is 12.2 Å². The number of hydrogen-bond acceptors (Lipinski definition) is 3. The Labute approximate surface area is 122 Å². The maximum Gasteiger partial charge on any atom is 0.113 e. The molecule has 2 aromatic rings. The predicted molar refractivity (Wildman–Crippen MR) is 84.2 cm³/mol. The molecule has 100 valence electrons. The molecular weight excluding hydrogens is 272 g/mol. The van der Waals surface area contributed by atoms with Gasteiger partial charge in [-0.05, 0) is 54.3 Å². The highest BCUT2D eigenvalue weighted by atomic mass is 32.2. The van der Waals surface area contributed by atoms with Gasteiger partial charge in [-0.2, -0.15) is 11.8 Å². The number of fused-ring (bicyclic) bond motifs is 1. The van der Waals surface area contributed by atoms with Gasteiger partial charge < -0.3 is 5.11 Å². The summed E-state index contributed by atoms with van der Waals surface area (Å²) in [5.41, 5.74) is 4.93. The second-order valence-corrected chi connectivity index (χ2v) is 7.36. The number of hydrogen-bond donors (Lipinski definition) is 1. The summed E-state index contributed by atoms with van der Waals surface area (Å²) >= 11 is 3.78. The van der Waals surface area contributed by atoms with Crippen LogP contribution >= 0.6 is 23.1 Å². The van der Waals surface area contributed by atoms with Crippen LogP contribution in [0.15, 0.2) is 24.3 Å². The van der Waals surface area contributed by atoms with E-state index in [-0.39, 0.29) is 0 Å². The first-order chi connectivity index (χ1) is 9.16. The third kappa shape index (κ3) is 2.47. The van der Waals surface area contributed by atoms with E-state index in [0.717, 1.165) is 22.6 Å². The lowest BCUT2D eigenvalue weighted by atomic mass is 9.98. The van der Waals surface area contributed by atoms with E-state index < -0.39 is 6.10 Å². The third-order valence-electron chi connectivity index (χ3n) is 3.86. The minimum absolute atomic E-state index is 0.472. The molecule has 0 fully saturated rings. The van der Waals surface area contributed by atoms with Crippen LogP contribution in [0.25, 0.3) is 0 Å². The number of aliphatic hydroxyl groups excluding tert-OH is 1. The Bertz CT molecular complexity index is 577. The first-order valence-electron chi connectivity index (χ1n) is 6.60. The van der Waals surface area contributed by atoms with Crippen molar-refractivity contribution in [2.45, 2.75) is 32.1 Å². The van der Waals surface area contributed by atoms with Crippen molar-refractivity contribution in [3.8, 4) is 0 Å². The molecule has 1 unspecified atom stereocenters. The van der Waals surface area contributed by atoms with E-state index in [2.05, 4.69) is 26.0 Å². The smallest absolute Gasteiger partial charge is 0.113 e. The summed E-state index contributed by atoms with van der Waals surface area (Å²) in [6, 6.07) is 8.38. The van der Waals surface area contributed by atoms with Crippen molar-refractivity contribution in [3.05, 3.63) is 56.3 Å². The Morgan fingerprint density at radius 2 is 2.11 bits per heavy atom. The van der Waals surface area contributed by atoms with Crippen LogP contribution in [-0.4, -0.2) is 10.9 Å². The van der Waals surface area contributed by atoms with Gasteiger partial charge in [0.15, 0.2) is 0 Å². The monoisotopic (exact) mass is 290 g/mol. The highest BCUT2D eigenvalue weighted by Crippen LogP contribution is 2.37. The molecule has 0 radical (unpaired) electrons. The molecule has 1 atom stereocenters. The Hall–Kier alpha value is -0.770. The zero-order chi connectivity index (χ0) is 13.4. The minimum Gasteiger partial charge on any atom is -0.383 e. The molecule has 3 heteroatoms. The second kappa shape index (κ2) is 5.31. The van der Waals surface area contributed by atoms with Crippen molar-refractivity contribution in [1.82, 2.24) is 0 Å². The minimum atomic E-state index is -0.472. The molecule has 1 aliphatic rings. The van der Waals surface area contributed by atoms with E-state index in [1.54, 1.807) is 11.3 Å². The van der Waals surface area contributed by atoms with Crippen molar-refractivity contribution in [2.24, 2.45) is 0 Å². The second-order valence-electron chi connectivity index (χ2n) is 5.09. The highest BCUT2D eigenvalue weighted by molar-refractivity contribution is 7.98. The quantitative estimate of drug-likeness (QED) is 0.893. The molecule has 0 saturated carbocycles. The molecule has 0 bridgehead atoms. The van der Waals surface area contributed by atoms with E-state index in [1.807, 2.05) is 23.9 Å². The summed E-state index contributed by atoms with van der Waals surface area (Å²) < 4.78 is 0. The first-order valence-corrected chi connectivity index (χ1v) is 8.57. The fourth-order valence-corrected chi connectivity index (χ4v) is 4.91. The summed E-state index contributed by atoms with van der Waals surface area (Å²) in [4.78, 5) is 2.57. The third-order valence-corrected chi connectivity index (χ3v) is 6.15. The Morgan fingerprint density at radius 3 is 2.89 bits per heavy atom. The van der Waals surface area contributed by atoms with Gasteiger partial charge in [-0.3, -0.25) is 0 Å². The summed E-state index contributed by atoms with van der Waals surface area (Å²) in [5.74, 6) is 2.32. The molecule has 0 aliphatic carbocycles. The molecule has 1 nitrogen and oxygen atoms in total. The number of benzene rings is 1. The lowest BCUT2D eigenvalue weighted by molar-refractivity contribution is 0.223. The maximum absolute atomic E-state index is 10.6. The molecule has 1 aliphatic heterocycles. The summed E-state index contributed by atoms with van der Waals surface area (Å²) in [6.07, 6.45) is 0.685. The molecule has 3 rings (SSSR count). The van der Waals surface area contributed by atoms with Gasteiger partial charge in [0, 0.05) is 15.5 Å². The van der Waals surface area contributed by atoms with E-state index in [1.165, 1.54) is 27.3 Å². The standard InChI is InChI=1S/C16H18OS2/c1-10-4-3-5-13(11(10)2)16(17)15-8-12-9-18-7-6-14(12)19-15/h3-5,8,16-17H,6-7,9H2,1-2H3. The van der Waals surface area contributed by atoms with Crippen LogP contribution < -0.4 is 0 Å². The first kappa shape index (κ1) is 13.2. The Morgan fingerprint density at radius 1 is 1.26 bits per heavy atom. The van der Waals surface area contributed by atoms with E-state index in [0.29, 0.717) is 0 Å². The molecule has 1 aromatic carbocycles. The van der Waals surface area contributed by atoms with Gasteiger partial charge in [0.2, 0.25) is 0 Å². The largest absolute Gasteiger partial charge is 0.383 e. The van der Waals surface area contributed by atoms with Crippen molar-refractivity contribution in [3.63, 3.8) is 0 Å². The zero-order valence-corrected chi connectivity index (χ0v) is 12.9. The van der Waals surface area contributed by atoms with Crippen molar-refractivity contribution < 1.29 is 5.11 Å². The number of aliphatic hydroxyl groups is 1. The lowest BCUT2D eigenvalue weighted by Gasteiger charge is -2.13. The lowest BCUT2D eigenvalue weighted by Crippen LogP contribution is -2.01. The zero-order valence-electron chi connectivity index (χ0n) is 11.3. The molecule has 0 spiro atoms. The number of rotatable bonds is 2. The van der Waals surface area contributed by atoms with Crippen LogP contribution in [0.1, 0.15) is 38.1 Å². The number of aryl methyl sites for hydroxylation is 2.